The summed E-state index contributed by atoms with van der Waals surface area (Å²) in [4.78, 5) is 25.8. The van der Waals surface area contributed by atoms with Crippen LogP contribution in [0.3, 0.4) is 0 Å². The van der Waals surface area contributed by atoms with E-state index in [1.807, 2.05) is 11.8 Å². The average Bonchev–Trinajstić information content (AvgIpc) is 3.09. The van der Waals surface area contributed by atoms with E-state index >= 15 is 0 Å². The first-order valence-electron chi connectivity index (χ1n) is 8.35. The molecule has 0 spiro atoms. The maximum atomic E-state index is 12.4. The number of piperazine rings is 1. The highest BCUT2D eigenvalue weighted by molar-refractivity contribution is 5.84. The quantitative estimate of drug-likeness (QED) is 0.804. The van der Waals surface area contributed by atoms with Crippen LogP contribution in [0.15, 0.2) is 0 Å². The smallest absolute Gasteiger partial charge is 0.237 e. The van der Waals surface area contributed by atoms with Crippen molar-refractivity contribution in [2.75, 3.05) is 19.6 Å². The van der Waals surface area contributed by atoms with Crippen LogP contribution in [-0.2, 0) is 9.59 Å². The zero-order chi connectivity index (χ0) is 15.0. The van der Waals surface area contributed by atoms with E-state index in [-0.39, 0.29) is 23.9 Å². The number of rotatable bonds is 4. The molecule has 118 valence electrons. The van der Waals surface area contributed by atoms with Gasteiger partial charge in [-0.1, -0.05) is 6.42 Å². The fraction of sp³-hybridized carbons (Fsp3) is 0.875. The van der Waals surface area contributed by atoms with Crippen molar-refractivity contribution >= 4 is 11.8 Å². The van der Waals surface area contributed by atoms with Crippen molar-refractivity contribution in [3.63, 3.8) is 0 Å². The summed E-state index contributed by atoms with van der Waals surface area (Å²) in [6.07, 6.45) is 5.39. The molecule has 1 aliphatic heterocycles. The Kier molecular flexibility index (Phi) is 4.20. The Morgan fingerprint density at radius 1 is 1.33 bits per heavy atom. The summed E-state index contributed by atoms with van der Waals surface area (Å²) in [7, 11) is 0. The summed E-state index contributed by atoms with van der Waals surface area (Å²) in [6.45, 7) is 5.78. The van der Waals surface area contributed by atoms with Crippen molar-refractivity contribution in [2.45, 2.75) is 51.6 Å². The van der Waals surface area contributed by atoms with Gasteiger partial charge in [-0.25, -0.2) is 0 Å². The van der Waals surface area contributed by atoms with Crippen LogP contribution in [0.5, 0.6) is 0 Å². The molecule has 2 saturated carbocycles. The highest BCUT2D eigenvalue weighted by Gasteiger charge is 2.42. The third-order valence-corrected chi connectivity index (χ3v) is 5.80. The number of fused-ring (bicyclic) bond motifs is 2. The highest BCUT2D eigenvalue weighted by Crippen LogP contribution is 2.49. The lowest BCUT2D eigenvalue weighted by molar-refractivity contribution is -0.130. The number of hydrogen-bond acceptors (Lipinski definition) is 3. The van der Waals surface area contributed by atoms with Crippen LogP contribution in [-0.4, -0.2) is 48.4 Å². The summed E-state index contributed by atoms with van der Waals surface area (Å²) in [5.74, 6) is 2.47. The lowest BCUT2D eigenvalue weighted by Crippen LogP contribution is -2.56. The van der Waals surface area contributed by atoms with Crippen LogP contribution in [0.25, 0.3) is 0 Å². The molecule has 3 aliphatic rings. The van der Waals surface area contributed by atoms with Crippen LogP contribution in [0.1, 0.15) is 39.5 Å². The van der Waals surface area contributed by atoms with E-state index in [4.69, 9.17) is 0 Å². The van der Waals surface area contributed by atoms with Gasteiger partial charge in [0, 0.05) is 19.1 Å². The second-order valence-corrected chi connectivity index (χ2v) is 7.13. The maximum absolute atomic E-state index is 12.4. The second kappa shape index (κ2) is 5.95. The first-order valence-corrected chi connectivity index (χ1v) is 8.35. The van der Waals surface area contributed by atoms with Gasteiger partial charge in [-0.3, -0.25) is 14.5 Å². The molecule has 1 heterocycles. The van der Waals surface area contributed by atoms with Crippen molar-refractivity contribution in [3.8, 4) is 0 Å². The minimum atomic E-state index is -0.225. The first kappa shape index (κ1) is 14.8. The van der Waals surface area contributed by atoms with Gasteiger partial charge in [-0.15, -0.1) is 0 Å². The minimum Gasteiger partial charge on any atom is -0.354 e. The summed E-state index contributed by atoms with van der Waals surface area (Å²) >= 11 is 0. The van der Waals surface area contributed by atoms with E-state index in [1.54, 1.807) is 0 Å². The first-order chi connectivity index (χ1) is 10.0. The van der Waals surface area contributed by atoms with Crippen LogP contribution < -0.4 is 10.6 Å². The summed E-state index contributed by atoms with van der Waals surface area (Å²) in [5, 5.41) is 6.00. The van der Waals surface area contributed by atoms with E-state index in [9.17, 15) is 9.59 Å². The van der Waals surface area contributed by atoms with Gasteiger partial charge in [0.15, 0.2) is 0 Å². The van der Waals surface area contributed by atoms with Crippen molar-refractivity contribution in [2.24, 2.45) is 17.8 Å². The Bertz CT molecular complexity index is 426. The Balaban J connectivity index is 1.52. The van der Waals surface area contributed by atoms with Gasteiger partial charge in [0.2, 0.25) is 11.8 Å². The lowest BCUT2D eigenvalue weighted by Gasteiger charge is -2.34. The Labute approximate surface area is 126 Å². The second-order valence-electron chi connectivity index (χ2n) is 7.13. The van der Waals surface area contributed by atoms with Crippen molar-refractivity contribution in [1.82, 2.24) is 15.5 Å². The van der Waals surface area contributed by atoms with Gasteiger partial charge in [0.05, 0.1) is 12.6 Å². The van der Waals surface area contributed by atoms with Gasteiger partial charge < -0.3 is 10.6 Å². The van der Waals surface area contributed by atoms with E-state index in [1.165, 1.54) is 25.7 Å². The molecular formula is C16H27N3O2. The van der Waals surface area contributed by atoms with Gasteiger partial charge in [0.25, 0.3) is 0 Å². The molecule has 21 heavy (non-hydrogen) atoms. The third-order valence-electron chi connectivity index (χ3n) is 5.80. The fourth-order valence-corrected chi connectivity index (χ4v) is 4.51. The van der Waals surface area contributed by atoms with E-state index in [0.717, 1.165) is 18.4 Å². The Morgan fingerprint density at radius 3 is 2.76 bits per heavy atom. The molecule has 0 radical (unpaired) electrons. The van der Waals surface area contributed by atoms with Crippen molar-refractivity contribution < 1.29 is 9.59 Å². The van der Waals surface area contributed by atoms with E-state index in [0.29, 0.717) is 19.0 Å². The van der Waals surface area contributed by atoms with Crippen molar-refractivity contribution in [1.29, 1.82) is 0 Å². The molecule has 0 aromatic carbocycles. The lowest BCUT2D eigenvalue weighted by atomic mass is 9.84. The van der Waals surface area contributed by atoms with Crippen LogP contribution in [0, 0.1) is 17.8 Å². The Hall–Kier alpha value is -1.10. The molecule has 3 rings (SSSR count). The monoisotopic (exact) mass is 293 g/mol. The molecule has 1 saturated heterocycles. The maximum Gasteiger partial charge on any atom is 0.237 e. The molecular weight excluding hydrogens is 266 g/mol. The molecule has 2 aliphatic carbocycles. The number of hydrogen-bond donors (Lipinski definition) is 2. The van der Waals surface area contributed by atoms with E-state index < -0.39 is 0 Å². The third kappa shape index (κ3) is 3.07. The molecule has 3 fully saturated rings. The SMILES string of the molecule is CC(NC(=O)C(C)N1CCNC(=O)C1)C1CC2CCC1C2. The topological polar surface area (TPSA) is 61.4 Å². The predicted octanol–water partition coefficient (Wildman–Crippen LogP) is 0.748. The molecule has 2 amide bonds. The van der Waals surface area contributed by atoms with Crippen LogP contribution in [0.4, 0.5) is 0 Å². The minimum absolute atomic E-state index is 0.0158. The molecule has 5 nitrogen and oxygen atoms in total. The Morgan fingerprint density at radius 2 is 2.14 bits per heavy atom. The van der Waals surface area contributed by atoms with Crippen LogP contribution in [0.2, 0.25) is 0 Å². The molecule has 5 unspecified atom stereocenters. The molecule has 5 heteroatoms. The van der Waals surface area contributed by atoms with Gasteiger partial charge in [-0.2, -0.15) is 0 Å². The zero-order valence-corrected chi connectivity index (χ0v) is 13.1. The summed E-state index contributed by atoms with van der Waals surface area (Å²) in [5.41, 5.74) is 0. The fourth-order valence-electron chi connectivity index (χ4n) is 4.51. The largest absolute Gasteiger partial charge is 0.354 e. The number of nitrogens with one attached hydrogen (secondary N) is 2. The number of nitrogens with zero attached hydrogens (tertiary/aromatic N) is 1. The molecule has 2 N–H and O–H groups in total. The summed E-state index contributed by atoms with van der Waals surface area (Å²) in [6, 6.07) is 0.0333. The van der Waals surface area contributed by atoms with Crippen LogP contribution >= 0.6 is 0 Å². The van der Waals surface area contributed by atoms with Gasteiger partial charge in [-0.05, 0) is 50.9 Å². The van der Waals surface area contributed by atoms with E-state index in [2.05, 4.69) is 17.6 Å². The average molecular weight is 293 g/mol. The van der Waals surface area contributed by atoms with Crippen molar-refractivity contribution in [3.05, 3.63) is 0 Å². The molecule has 5 atom stereocenters. The van der Waals surface area contributed by atoms with Gasteiger partial charge in [0.1, 0.15) is 0 Å². The number of carbonyl (C=O) groups excluding carboxylic acids is 2. The number of carbonyl (C=O) groups is 2. The highest BCUT2D eigenvalue weighted by atomic mass is 16.2. The van der Waals surface area contributed by atoms with Gasteiger partial charge >= 0.3 is 0 Å². The molecule has 2 bridgehead atoms. The standard InChI is InChI=1S/C16H27N3O2/c1-10(14-8-12-3-4-13(14)7-12)18-16(21)11(2)19-6-5-17-15(20)9-19/h10-14H,3-9H2,1-2H3,(H,17,20)(H,18,21). The normalized spacial score (nSPS) is 35.3. The number of amides is 2. The summed E-state index contributed by atoms with van der Waals surface area (Å²) < 4.78 is 0. The molecule has 0 aromatic rings. The predicted molar refractivity (Wildman–Crippen MR) is 80.6 cm³/mol. The molecule has 0 aromatic heterocycles. The zero-order valence-electron chi connectivity index (χ0n) is 13.1.